The van der Waals surface area contributed by atoms with Gasteiger partial charge in [-0.2, -0.15) is 4.98 Å². The number of rotatable bonds is 8. The number of anilines is 1. The Hall–Kier alpha value is -3.19. The Morgan fingerprint density at radius 2 is 1.79 bits per heavy atom. The van der Waals surface area contributed by atoms with E-state index < -0.39 is 0 Å². The molecule has 3 aromatic rings. The minimum absolute atomic E-state index is 0.112. The minimum atomic E-state index is -0.112. The molecule has 7 nitrogen and oxygen atoms in total. The van der Waals surface area contributed by atoms with Crippen LogP contribution in [-0.2, 0) is 9.53 Å². The Bertz CT molecular complexity index is 918. The average molecular weight is 380 g/mol. The lowest BCUT2D eigenvalue weighted by Gasteiger charge is -2.07. The van der Waals surface area contributed by atoms with E-state index in [1.807, 2.05) is 62.4 Å². The number of nitrogens with zero attached hydrogens (tertiary/aromatic N) is 3. The highest BCUT2D eigenvalue weighted by Gasteiger charge is 2.15. The molecule has 1 aromatic heterocycles. The molecule has 3 rings (SSSR count). The van der Waals surface area contributed by atoms with Crippen molar-refractivity contribution < 1.29 is 14.3 Å². The molecule has 0 bridgehead atoms. The van der Waals surface area contributed by atoms with Crippen molar-refractivity contribution in [2.24, 2.45) is 0 Å². The van der Waals surface area contributed by atoms with E-state index >= 15 is 0 Å². The van der Waals surface area contributed by atoms with E-state index in [9.17, 15) is 4.79 Å². The lowest BCUT2D eigenvalue weighted by atomic mass is 10.1. The van der Waals surface area contributed by atoms with E-state index in [1.165, 1.54) is 12.5 Å². The lowest BCUT2D eigenvalue weighted by Crippen LogP contribution is -2.07. The van der Waals surface area contributed by atoms with E-state index in [0.29, 0.717) is 31.7 Å². The number of benzene rings is 2. The normalized spacial score (nSPS) is 10.7. The molecule has 0 unspecified atom stereocenters. The smallest absolute Gasteiger partial charge is 0.336 e. The maximum atomic E-state index is 11.2. The fraction of sp³-hybridized carbons (Fsp3) is 0.286. The maximum Gasteiger partial charge on any atom is 0.336 e. The van der Waals surface area contributed by atoms with Crippen LogP contribution in [0.15, 0.2) is 48.5 Å². The molecular weight excluding hydrogens is 356 g/mol. The van der Waals surface area contributed by atoms with Crippen molar-refractivity contribution in [2.75, 3.05) is 25.1 Å². The van der Waals surface area contributed by atoms with Crippen LogP contribution >= 0.6 is 0 Å². The van der Waals surface area contributed by atoms with Gasteiger partial charge in [-0.1, -0.05) is 29.8 Å². The third-order valence-corrected chi connectivity index (χ3v) is 3.99. The number of aryl methyl sites for hydroxylation is 1. The Kier molecular flexibility index (Phi) is 6.39. The summed E-state index contributed by atoms with van der Waals surface area (Å²) in [7, 11) is 0. The Morgan fingerprint density at radius 1 is 1.07 bits per heavy atom. The summed E-state index contributed by atoms with van der Waals surface area (Å²) in [6, 6.07) is 15.8. The molecule has 0 atom stereocenters. The van der Waals surface area contributed by atoms with Crippen LogP contribution in [0.3, 0.4) is 0 Å². The van der Waals surface area contributed by atoms with Crippen molar-refractivity contribution in [3.8, 4) is 23.1 Å². The Morgan fingerprint density at radius 3 is 2.43 bits per heavy atom. The number of hydrogen-bond donors (Lipinski definition) is 1. The maximum absolute atomic E-state index is 11.2. The van der Waals surface area contributed by atoms with Crippen molar-refractivity contribution in [2.45, 2.75) is 20.8 Å². The molecule has 28 heavy (non-hydrogen) atoms. The molecule has 0 aliphatic rings. The van der Waals surface area contributed by atoms with Gasteiger partial charge in [0, 0.05) is 24.8 Å². The van der Waals surface area contributed by atoms with Crippen LogP contribution in [0.5, 0.6) is 6.01 Å². The van der Waals surface area contributed by atoms with E-state index in [0.717, 1.165) is 16.9 Å². The molecule has 0 radical (unpaired) electrons. The predicted octanol–water partition coefficient (Wildman–Crippen LogP) is 3.62. The van der Waals surface area contributed by atoms with Crippen LogP contribution in [0.25, 0.3) is 17.1 Å². The third kappa shape index (κ3) is 4.95. The molecular formula is C21H24N4O3. The molecule has 2 aromatic carbocycles. The van der Waals surface area contributed by atoms with E-state index in [1.54, 1.807) is 4.68 Å². The Labute approximate surface area is 164 Å². The molecule has 0 aliphatic carbocycles. The van der Waals surface area contributed by atoms with Crippen LogP contribution in [0, 0.1) is 6.92 Å². The molecule has 0 aliphatic heterocycles. The van der Waals surface area contributed by atoms with Gasteiger partial charge in [0.05, 0.1) is 12.3 Å². The molecule has 0 spiro atoms. The fourth-order valence-corrected chi connectivity index (χ4v) is 2.65. The van der Waals surface area contributed by atoms with E-state index in [-0.39, 0.29) is 5.91 Å². The molecule has 7 heteroatoms. The van der Waals surface area contributed by atoms with Gasteiger partial charge in [-0.25, -0.2) is 4.68 Å². The summed E-state index contributed by atoms with van der Waals surface area (Å²) >= 11 is 0. The highest BCUT2D eigenvalue weighted by atomic mass is 16.5. The van der Waals surface area contributed by atoms with Crippen molar-refractivity contribution in [3.63, 3.8) is 0 Å². The third-order valence-electron chi connectivity index (χ3n) is 3.99. The van der Waals surface area contributed by atoms with Crippen molar-refractivity contribution in [1.82, 2.24) is 14.8 Å². The first-order valence-corrected chi connectivity index (χ1v) is 9.19. The van der Waals surface area contributed by atoms with Crippen molar-refractivity contribution >= 4 is 11.6 Å². The number of hydrogen-bond acceptors (Lipinski definition) is 5. The van der Waals surface area contributed by atoms with Gasteiger partial charge in [0.15, 0.2) is 5.82 Å². The van der Waals surface area contributed by atoms with E-state index in [4.69, 9.17) is 9.47 Å². The second-order valence-corrected chi connectivity index (χ2v) is 6.27. The number of carbonyl (C=O) groups is 1. The van der Waals surface area contributed by atoms with Crippen molar-refractivity contribution in [3.05, 3.63) is 54.1 Å². The van der Waals surface area contributed by atoms with Crippen molar-refractivity contribution in [1.29, 1.82) is 0 Å². The Balaban J connectivity index is 1.91. The average Bonchev–Trinajstić information content (AvgIpc) is 3.10. The van der Waals surface area contributed by atoms with Gasteiger partial charge in [0.2, 0.25) is 5.91 Å². The van der Waals surface area contributed by atoms with Crippen LogP contribution < -0.4 is 10.1 Å². The molecule has 0 saturated carbocycles. The summed E-state index contributed by atoms with van der Waals surface area (Å²) in [5, 5.41) is 7.27. The molecule has 1 N–H and O–H groups in total. The summed E-state index contributed by atoms with van der Waals surface area (Å²) < 4.78 is 12.7. The fourth-order valence-electron chi connectivity index (χ4n) is 2.65. The standard InChI is InChI=1S/C21H24N4O3/c1-4-27-13-14-28-21-23-20(17-7-5-15(2)6-8-17)25(24-21)19-11-9-18(10-12-19)22-16(3)26/h5-12H,4,13-14H2,1-3H3,(H,22,26). The van der Waals surface area contributed by atoms with Gasteiger partial charge in [-0.15, -0.1) is 5.10 Å². The topological polar surface area (TPSA) is 78.3 Å². The number of amides is 1. The van der Waals surface area contributed by atoms with Crippen LogP contribution in [-0.4, -0.2) is 40.5 Å². The van der Waals surface area contributed by atoms with Crippen LogP contribution in [0.1, 0.15) is 19.4 Å². The summed E-state index contributed by atoms with van der Waals surface area (Å²) in [5.41, 5.74) is 3.64. The molecule has 0 fully saturated rings. The summed E-state index contributed by atoms with van der Waals surface area (Å²) in [4.78, 5) is 15.8. The van der Waals surface area contributed by atoms with Gasteiger partial charge >= 0.3 is 6.01 Å². The molecule has 0 saturated heterocycles. The second kappa shape index (κ2) is 9.14. The number of aromatic nitrogens is 3. The first-order valence-electron chi connectivity index (χ1n) is 9.19. The van der Waals surface area contributed by atoms with Gasteiger partial charge in [0.1, 0.15) is 6.61 Å². The SMILES string of the molecule is CCOCCOc1nc(-c2ccc(C)cc2)n(-c2ccc(NC(C)=O)cc2)n1. The van der Waals surface area contributed by atoms with Crippen LogP contribution in [0.2, 0.25) is 0 Å². The first kappa shape index (κ1) is 19.6. The molecule has 1 amide bonds. The number of nitrogens with one attached hydrogen (secondary N) is 1. The zero-order valence-electron chi connectivity index (χ0n) is 16.3. The number of ether oxygens (including phenoxy) is 2. The summed E-state index contributed by atoms with van der Waals surface area (Å²) in [6.45, 7) is 6.96. The van der Waals surface area contributed by atoms with Gasteiger partial charge in [-0.3, -0.25) is 4.79 Å². The highest BCUT2D eigenvalue weighted by molar-refractivity contribution is 5.88. The van der Waals surface area contributed by atoms with Gasteiger partial charge in [0.25, 0.3) is 0 Å². The predicted molar refractivity (Wildman–Crippen MR) is 108 cm³/mol. The van der Waals surface area contributed by atoms with Gasteiger partial charge < -0.3 is 14.8 Å². The highest BCUT2D eigenvalue weighted by Crippen LogP contribution is 2.24. The quantitative estimate of drug-likeness (QED) is 0.604. The molecule has 146 valence electrons. The zero-order valence-corrected chi connectivity index (χ0v) is 16.3. The van der Waals surface area contributed by atoms with E-state index in [2.05, 4.69) is 15.4 Å². The molecule has 1 heterocycles. The monoisotopic (exact) mass is 380 g/mol. The van der Waals surface area contributed by atoms with Crippen LogP contribution in [0.4, 0.5) is 5.69 Å². The second-order valence-electron chi connectivity index (χ2n) is 6.27. The number of carbonyl (C=O) groups excluding carboxylic acids is 1. The lowest BCUT2D eigenvalue weighted by molar-refractivity contribution is -0.114. The zero-order chi connectivity index (χ0) is 19.9. The first-order chi connectivity index (χ1) is 13.6. The van der Waals surface area contributed by atoms with Gasteiger partial charge in [-0.05, 0) is 38.1 Å². The minimum Gasteiger partial charge on any atom is -0.460 e. The largest absolute Gasteiger partial charge is 0.460 e. The summed E-state index contributed by atoms with van der Waals surface area (Å²) in [6.07, 6.45) is 0. The summed E-state index contributed by atoms with van der Waals surface area (Å²) in [5.74, 6) is 0.567.